The first-order valence-corrected chi connectivity index (χ1v) is 4.67. The largest absolute Gasteiger partial charge is 0.330 e. The number of nitrogens with one attached hydrogen (secondary N) is 1. The van der Waals surface area contributed by atoms with Gasteiger partial charge in [-0.25, -0.2) is 0 Å². The van der Waals surface area contributed by atoms with Crippen LogP contribution in [-0.2, 0) is 0 Å². The van der Waals surface area contributed by atoms with Crippen LogP contribution in [-0.4, -0.2) is 19.6 Å². The molecule has 0 aromatic rings. The van der Waals surface area contributed by atoms with E-state index >= 15 is 0 Å². The molecule has 0 heterocycles. The molecule has 2 unspecified atom stereocenters. The fraction of sp³-hybridized carbons (Fsp3) is 1.00. The smallest absolute Gasteiger partial charge is 0.0107 e. The fourth-order valence-electron chi connectivity index (χ4n) is 2.24. The Morgan fingerprint density at radius 3 is 2.64 bits per heavy atom. The van der Waals surface area contributed by atoms with Gasteiger partial charge in [0.1, 0.15) is 0 Å². The van der Waals surface area contributed by atoms with E-state index < -0.39 is 0 Å². The number of nitrogens with two attached hydrogens (primary N) is 1. The zero-order chi connectivity index (χ0) is 8.27. The SMILES string of the molecule is CNC1CCC[C@@H](C)C1CN. The molecule has 0 spiro atoms. The number of rotatable bonds is 2. The molecule has 11 heavy (non-hydrogen) atoms. The van der Waals surface area contributed by atoms with Gasteiger partial charge in [-0.1, -0.05) is 19.8 Å². The third-order valence-electron chi connectivity index (χ3n) is 3.07. The highest BCUT2D eigenvalue weighted by atomic mass is 14.9. The van der Waals surface area contributed by atoms with E-state index in [1.54, 1.807) is 0 Å². The molecule has 0 radical (unpaired) electrons. The Morgan fingerprint density at radius 2 is 2.18 bits per heavy atom. The lowest BCUT2D eigenvalue weighted by Gasteiger charge is -2.35. The van der Waals surface area contributed by atoms with Gasteiger partial charge in [0.25, 0.3) is 0 Å². The quantitative estimate of drug-likeness (QED) is 0.625. The maximum atomic E-state index is 5.72. The van der Waals surface area contributed by atoms with Gasteiger partial charge < -0.3 is 11.1 Å². The highest BCUT2D eigenvalue weighted by molar-refractivity contribution is 4.84. The van der Waals surface area contributed by atoms with E-state index in [1.807, 2.05) is 7.05 Å². The summed E-state index contributed by atoms with van der Waals surface area (Å²) in [5, 5.41) is 3.36. The summed E-state index contributed by atoms with van der Waals surface area (Å²) in [6.45, 7) is 3.16. The highest BCUT2D eigenvalue weighted by Crippen LogP contribution is 2.28. The summed E-state index contributed by atoms with van der Waals surface area (Å²) in [6.07, 6.45) is 4.03. The summed E-state index contributed by atoms with van der Waals surface area (Å²) in [7, 11) is 2.05. The molecular formula is C9H20N2. The number of hydrogen-bond acceptors (Lipinski definition) is 2. The van der Waals surface area contributed by atoms with Crippen LogP contribution in [0.1, 0.15) is 26.2 Å². The molecule has 0 bridgehead atoms. The van der Waals surface area contributed by atoms with Crippen molar-refractivity contribution in [2.45, 2.75) is 32.2 Å². The van der Waals surface area contributed by atoms with Gasteiger partial charge in [-0.3, -0.25) is 0 Å². The number of hydrogen-bond donors (Lipinski definition) is 2. The lowest BCUT2D eigenvalue weighted by Crippen LogP contribution is -2.43. The molecule has 1 saturated carbocycles. The van der Waals surface area contributed by atoms with Crippen LogP contribution < -0.4 is 11.1 Å². The van der Waals surface area contributed by atoms with Crippen LogP contribution in [0, 0.1) is 11.8 Å². The second-order valence-electron chi connectivity index (χ2n) is 3.70. The van der Waals surface area contributed by atoms with Crippen molar-refractivity contribution < 1.29 is 0 Å². The molecule has 1 aliphatic rings. The Labute approximate surface area is 69.5 Å². The summed E-state index contributed by atoms with van der Waals surface area (Å²) < 4.78 is 0. The van der Waals surface area contributed by atoms with Crippen molar-refractivity contribution in [2.24, 2.45) is 17.6 Å². The van der Waals surface area contributed by atoms with Crippen molar-refractivity contribution in [3.63, 3.8) is 0 Å². The molecule has 0 aliphatic heterocycles. The van der Waals surface area contributed by atoms with Crippen molar-refractivity contribution in [3.05, 3.63) is 0 Å². The molecule has 0 amide bonds. The predicted molar refractivity (Wildman–Crippen MR) is 48.4 cm³/mol. The Bertz CT molecular complexity index is 114. The summed E-state index contributed by atoms with van der Waals surface area (Å²) in [4.78, 5) is 0. The van der Waals surface area contributed by atoms with Gasteiger partial charge in [0.15, 0.2) is 0 Å². The first-order chi connectivity index (χ1) is 5.29. The Hall–Kier alpha value is -0.0800. The van der Waals surface area contributed by atoms with E-state index in [-0.39, 0.29) is 0 Å². The topological polar surface area (TPSA) is 38.0 Å². The van der Waals surface area contributed by atoms with Crippen molar-refractivity contribution in [1.82, 2.24) is 5.32 Å². The van der Waals surface area contributed by atoms with Gasteiger partial charge in [-0.05, 0) is 31.8 Å². The average molecular weight is 156 g/mol. The zero-order valence-electron chi connectivity index (χ0n) is 7.64. The second-order valence-corrected chi connectivity index (χ2v) is 3.70. The molecule has 0 saturated heterocycles. The van der Waals surface area contributed by atoms with Gasteiger partial charge >= 0.3 is 0 Å². The van der Waals surface area contributed by atoms with Crippen LogP contribution in [0.5, 0.6) is 0 Å². The summed E-state index contributed by atoms with van der Waals surface area (Å²) in [5.74, 6) is 1.51. The minimum absolute atomic E-state index is 0.670. The minimum Gasteiger partial charge on any atom is -0.330 e. The lowest BCUT2D eigenvalue weighted by atomic mass is 9.77. The van der Waals surface area contributed by atoms with Gasteiger partial charge in [0.2, 0.25) is 0 Å². The Balaban J connectivity index is 2.48. The first-order valence-electron chi connectivity index (χ1n) is 4.67. The van der Waals surface area contributed by atoms with Crippen LogP contribution in [0.25, 0.3) is 0 Å². The summed E-state index contributed by atoms with van der Waals surface area (Å²) in [6, 6.07) is 0.670. The molecule has 1 aliphatic carbocycles. The van der Waals surface area contributed by atoms with Crippen LogP contribution >= 0.6 is 0 Å². The van der Waals surface area contributed by atoms with Crippen molar-refractivity contribution in [2.75, 3.05) is 13.6 Å². The van der Waals surface area contributed by atoms with Gasteiger partial charge in [-0.15, -0.1) is 0 Å². The summed E-state index contributed by atoms with van der Waals surface area (Å²) >= 11 is 0. The maximum Gasteiger partial charge on any atom is 0.0107 e. The van der Waals surface area contributed by atoms with E-state index in [4.69, 9.17) is 5.73 Å². The molecule has 3 N–H and O–H groups in total. The molecule has 1 fully saturated rings. The maximum absolute atomic E-state index is 5.72. The van der Waals surface area contributed by atoms with Crippen molar-refractivity contribution in [1.29, 1.82) is 0 Å². The molecule has 66 valence electrons. The molecule has 2 heteroatoms. The normalized spacial score (nSPS) is 39.0. The standard InChI is InChI=1S/C9H20N2/c1-7-4-3-5-9(11-2)8(7)6-10/h7-9,11H,3-6,10H2,1-2H3/t7-,8?,9?/m1/s1. The van der Waals surface area contributed by atoms with E-state index in [9.17, 15) is 0 Å². The van der Waals surface area contributed by atoms with Crippen LogP contribution in [0.15, 0.2) is 0 Å². The van der Waals surface area contributed by atoms with E-state index in [1.165, 1.54) is 19.3 Å². The van der Waals surface area contributed by atoms with Gasteiger partial charge in [-0.2, -0.15) is 0 Å². The third kappa shape index (κ3) is 1.94. The minimum atomic E-state index is 0.670. The highest BCUT2D eigenvalue weighted by Gasteiger charge is 2.27. The Morgan fingerprint density at radius 1 is 1.45 bits per heavy atom. The van der Waals surface area contributed by atoms with E-state index in [0.717, 1.165) is 12.5 Å². The van der Waals surface area contributed by atoms with E-state index in [2.05, 4.69) is 12.2 Å². The van der Waals surface area contributed by atoms with Crippen molar-refractivity contribution >= 4 is 0 Å². The van der Waals surface area contributed by atoms with Gasteiger partial charge in [0.05, 0.1) is 0 Å². The average Bonchev–Trinajstić information content (AvgIpc) is 2.04. The zero-order valence-corrected chi connectivity index (χ0v) is 7.64. The molecule has 2 nitrogen and oxygen atoms in total. The van der Waals surface area contributed by atoms with Crippen molar-refractivity contribution in [3.8, 4) is 0 Å². The van der Waals surface area contributed by atoms with Crippen LogP contribution in [0.3, 0.4) is 0 Å². The van der Waals surface area contributed by atoms with Gasteiger partial charge in [0, 0.05) is 6.04 Å². The molecular weight excluding hydrogens is 136 g/mol. The lowest BCUT2D eigenvalue weighted by molar-refractivity contribution is 0.204. The molecule has 3 atom stereocenters. The monoisotopic (exact) mass is 156 g/mol. The van der Waals surface area contributed by atoms with E-state index in [0.29, 0.717) is 12.0 Å². The Kier molecular flexibility index (Phi) is 3.34. The third-order valence-corrected chi connectivity index (χ3v) is 3.07. The van der Waals surface area contributed by atoms with Crippen LogP contribution in [0.2, 0.25) is 0 Å². The fourth-order valence-corrected chi connectivity index (χ4v) is 2.24. The van der Waals surface area contributed by atoms with Crippen LogP contribution in [0.4, 0.5) is 0 Å². The predicted octanol–water partition coefficient (Wildman–Crippen LogP) is 0.969. The summed E-state index contributed by atoms with van der Waals surface area (Å²) in [5.41, 5.74) is 5.72. The molecule has 0 aromatic carbocycles. The first kappa shape index (κ1) is 9.01. The molecule has 1 rings (SSSR count). The molecule has 0 aromatic heterocycles. The second kappa shape index (κ2) is 4.07.